The van der Waals surface area contributed by atoms with Gasteiger partial charge in [-0.25, -0.2) is 4.39 Å². The predicted molar refractivity (Wildman–Crippen MR) is 134 cm³/mol. The normalized spacial score (nSPS) is 15.6. The first kappa shape index (κ1) is 25.3. The average molecular weight is 494 g/mol. The van der Waals surface area contributed by atoms with Crippen molar-refractivity contribution in [1.29, 1.82) is 0 Å². The van der Waals surface area contributed by atoms with Crippen LogP contribution >= 0.6 is 0 Å². The molecule has 1 fully saturated rings. The van der Waals surface area contributed by atoms with Gasteiger partial charge in [-0.2, -0.15) is 5.10 Å². The molecule has 1 aliphatic heterocycles. The molecule has 4 rings (SSSR count). The number of fused-ring (bicyclic) bond motifs is 1. The van der Waals surface area contributed by atoms with Gasteiger partial charge in [-0.3, -0.25) is 19.1 Å². The van der Waals surface area contributed by atoms with Crippen molar-refractivity contribution in [1.82, 2.24) is 20.0 Å². The molecular weight excluding hydrogens is 461 g/mol. The van der Waals surface area contributed by atoms with Crippen molar-refractivity contribution >= 4 is 28.6 Å². The van der Waals surface area contributed by atoms with Gasteiger partial charge in [0.15, 0.2) is 5.69 Å². The highest BCUT2D eigenvalue weighted by Gasteiger charge is 2.38. The summed E-state index contributed by atoms with van der Waals surface area (Å²) < 4.78 is 15.0. The summed E-state index contributed by atoms with van der Waals surface area (Å²) in [6.45, 7) is 6.91. The van der Waals surface area contributed by atoms with E-state index in [0.29, 0.717) is 37.9 Å². The van der Waals surface area contributed by atoms with E-state index < -0.39 is 17.4 Å². The van der Waals surface area contributed by atoms with Crippen molar-refractivity contribution in [2.45, 2.75) is 46.2 Å². The Morgan fingerprint density at radius 1 is 1.08 bits per heavy atom. The zero-order chi connectivity index (χ0) is 26.0. The molecule has 1 aromatic heterocycles. The number of nitrogens with one attached hydrogen (secondary N) is 1. The molecule has 8 nitrogen and oxygen atoms in total. The molecule has 3 amide bonds. The summed E-state index contributed by atoms with van der Waals surface area (Å²) >= 11 is 0. The van der Waals surface area contributed by atoms with Crippen LogP contribution in [0.25, 0.3) is 10.9 Å². The van der Waals surface area contributed by atoms with Gasteiger partial charge in [0, 0.05) is 24.4 Å². The molecule has 36 heavy (non-hydrogen) atoms. The third-order valence-electron chi connectivity index (χ3n) is 6.72. The van der Waals surface area contributed by atoms with Crippen molar-refractivity contribution in [3.63, 3.8) is 0 Å². The molecule has 2 aromatic carbocycles. The fourth-order valence-corrected chi connectivity index (χ4v) is 4.59. The molecule has 1 saturated heterocycles. The second-order valence-corrected chi connectivity index (χ2v) is 10.4. The van der Waals surface area contributed by atoms with Gasteiger partial charge >= 0.3 is 0 Å². The number of rotatable bonds is 6. The standard InChI is InChI=1S/C27H32FN5O3/c1-27(2,3)23(26(36)32-14-12-18(13-15-32)24(29)34)30-25(35)22-20-6-4-5-7-21(20)33(31-22)16-17-8-10-19(28)11-9-17/h4-11,18,23H,12-16H2,1-3H3,(H2,29,34)(H,30,35)/t23-/m1/s1. The van der Waals surface area contributed by atoms with E-state index in [1.807, 2.05) is 45.0 Å². The number of aromatic nitrogens is 2. The molecular formula is C27H32FN5O3. The van der Waals surface area contributed by atoms with E-state index in [1.54, 1.807) is 21.7 Å². The lowest BCUT2D eigenvalue weighted by Crippen LogP contribution is -2.56. The monoisotopic (exact) mass is 493 g/mol. The van der Waals surface area contributed by atoms with E-state index in [4.69, 9.17) is 5.73 Å². The van der Waals surface area contributed by atoms with Crippen molar-refractivity contribution in [2.24, 2.45) is 17.1 Å². The zero-order valence-corrected chi connectivity index (χ0v) is 20.8. The Kier molecular flexibility index (Phi) is 7.10. The highest BCUT2D eigenvalue weighted by Crippen LogP contribution is 2.26. The lowest BCUT2D eigenvalue weighted by molar-refractivity contribution is -0.138. The van der Waals surface area contributed by atoms with Crippen LogP contribution in [0.1, 0.15) is 49.7 Å². The lowest BCUT2D eigenvalue weighted by atomic mass is 9.84. The van der Waals surface area contributed by atoms with E-state index >= 15 is 0 Å². The van der Waals surface area contributed by atoms with E-state index in [1.165, 1.54) is 12.1 Å². The number of carbonyl (C=O) groups is 3. The first-order chi connectivity index (χ1) is 17.0. The van der Waals surface area contributed by atoms with Crippen LogP contribution in [0.2, 0.25) is 0 Å². The second-order valence-electron chi connectivity index (χ2n) is 10.4. The first-order valence-electron chi connectivity index (χ1n) is 12.1. The van der Waals surface area contributed by atoms with Gasteiger partial charge in [-0.05, 0) is 42.0 Å². The number of amides is 3. The average Bonchev–Trinajstić information content (AvgIpc) is 3.21. The van der Waals surface area contributed by atoms with E-state index in [2.05, 4.69) is 10.4 Å². The number of carbonyl (C=O) groups excluding carboxylic acids is 3. The number of primary amides is 1. The van der Waals surface area contributed by atoms with Crippen LogP contribution in [0.3, 0.4) is 0 Å². The molecule has 3 N–H and O–H groups in total. The number of benzene rings is 2. The molecule has 1 atom stereocenters. The number of nitrogens with two attached hydrogens (primary N) is 1. The highest BCUT2D eigenvalue weighted by molar-refractivity contribution is 6.06. The van der Waals surface area contributed by atoms with Gasteiger partial charge < -0.3 is 16.0 Å². The quantitative estimate of drug-likeness (QED) is 0.550. The molecule has 0 saturated carbocycles. The maximum atomic E-state index is 13.5. The van der Waals surface area contributed by atoms with Crippen LogP contribution in [-0.4, -0.2) is 51.5 Å². The molecule has 0 bridgehead atoms. The molecule has 1 aliphatic rings. The highest BCUT2D eigenvalue weighted by atomic mass is 19.1. The van der Waals surface area contributed by atoms with Gasteiger partial charge in [-0.1, -0.05) is 51.1 Å². The molecule has 190 valence electrons. The third-order valence-corrected chi connectivity index (χ3v) is 6.72. The maximum absolute atomic E-state index is 13.5. The minimum absolute atomic E-state index is 0.186. The van der Waals surface area contributed by atoms with Gasteiger partial charge in [0.2, 0.25) is 11.8 Å². The molecule has 0 unspecified atom stereocenters. The molecule has 2 heterocycles. The second kappa shape index (κ2) is 10.1. The van der Waals surface area contributed by atoms with Crippen LogP contribution in [-0.2, 0) is 16.1 Å². The summed E-state index contributed by atoms with van der Waals surface area (Å²) in [6, 6.07) is 12.8. The number of piperidine rings is 1. The Morgan fingerprint density at radius 2 is 1.72 bits per heavy atom. The van der Waals surface area contributed by atoms with Gasteiger partial charge in [-0.15, -0.1) is 0 Å². The number of hydrogen-bond acceptors (Lipinski definition) is 4. The number of likely N-dealkylation sites (tertiary alicyclic amines) is 1. The summed E-state index contributed by atoms with van der Waals surface area (Å²) in [7, 11) is 0. The van der Waals surface area contributed by atoms with E-state index in [0.717, 1.165) is 11.1 Å². The fraction of sp³-hybridized carbons (Fsp3) is 0.407. The summed E-state index contributed by atoms with van der Waals surface area (Å²) in [6.07, 6.45) is 1.04. The van der Waals surface area contributed by atoms with Gasteiger partial charge in [0.05, 0.1) is 12.1 Å². The van der Waals surface area contributed by atoms with Gasteiger partial charge in [0.1, 0.15) is 11.9 Å². The Bertz CT molecular complexity index is 1270. The number of nitrogens with zero attached hydrogens (tertiary/aromatic N) is 3. The van der Waals surface area contributed by atoms with E-state index in [-0.39, 0.29) is 29.2 Å². The predicted octanol–water partition coefficient (Wildman–Crippen LogP) is 3.09. The summed E-state index contributed by atoms with van der Waals surface area (Å²) in [5.74, 6) is -1.52. The van der Waals surface area contributed by atoms with Crippen LogP contribution in [0.4, 0.5) is 4.39 Å². The van der Waals surface area contributed by atoms with Crippen LogP contribution in [0, 0.1) is 17.2 Å². The Labute approximate surface area is 209 Å². The SMILES string of the molecule is CC(C)(C)[C@H](NC(=O)c1nn(Cc2ccc(F)cc2)c2ccccc12)C(=O)N1CCC(C(N)=O)CC1. The maximum Gasteiger partial charge on any atom is 0.273 e. The largest absolute Gasteiger partial charge is 0.369 e. The van der Waals surface area contributed by atoms with E-state index in [9.17, 15) is 18.8 Å². The minimum atomic E-state index is -0.781. The number of hydrogen-bond donors (Lipinski definition) is 2. The first-order valence-corrected chi connectivity index (χ1v) is 12.1. The molecule has 3 aromatic rings. The summed E-state index contributed by atoms with van der Waals surface area (Å²) in [4.78, 5) is 40.1. The third kappa shape index (κ3) is 5.40. The lowest BCUT2D eigenvalue weighted by Gasteiger charge is -2.37. The Hall–Kier alpha value is -3.75. The van der Waals surface area contributed by atoms with Crippen molar-refractivity contribution in [3.8, 4) is 0 Å². The fourth-order valence-electron chi connectivity index (χ4n) is 4.59. The summed E-state index contributed by atoms with van der Waals surface area (Å²) in [5.41, 5.74) is 6.70. The van der Waals surface area contributed by atoms with Crippen LogP contribution in [0.15, 0.2) is 48.5 Å². The van der Waals surface area contributed by atoms with Crippen molar-refractivity contribution in [3.05, 3.63) is 65.6 Å². The van der Waals surface area contributed by atoms with Crippen LogP contribution in [0.5, 0.6) is 0 Å². The Morgan fingerprint density at radius 3 is 2.33 bits per heavy atom. The molecule has 0 aliphatic carbocycles. The van der Waals surface area contributed by atoms with Crippen molar-refractivity contribution in [2.75, 3.05) is 13.1 Å². The van der Waals surface area contributed by atoms with Crippen molar-refractivity contribution < 1.29 is 18.8 Å². The van der Waals surface area contributed by atoms with Gasteiger partial charge in [0.25, 0.3) is 5.91 Å². The minimum Gasteiger partial charge on any atom is -0.369 e. The molecule has 0 radical (unpaired) electrons. The topological polar surface area (TPSA) is 110 Å². The molecule has 0 spiro atoms. The summed E-state index contributed by atoms with van der Waals surface area (Å²) in [5, 5.41) is 8.18. The molecule has 9 heteroatoms. The Balaban J connectivity index is 1.57. The smallest absolute Gasteiger partial charge is 0.273 e. The zero-order valence-electron chi connectivity index (χ0n) is 20.8. The van der Waals surface area contributed by atoms with Crippen LogP contribution < -0.4 is 11.1 Å². The number of halogens is 1. The number of para-hydroxylation sites is 1.